The molecule has 0 spiro atoms. The molecule has 10 heavy (non-hydrogen) atoms. The minimum Gasteiger partial charge on any atom is -0.205 e. The summed E-state index contributed by atoms with van der Waals surface area (Å²) in [7, 11) is 2.08. The molecule has 0 saturated heterocycles. The van der Waals surface area contributed by atoms with E-state index in [4.69, 9.17) is 0 Å². The standard InChI is InChI=1S/C9H14N/c1-4-9-7-8(2)5-6-10(9)3/h5-7H,4H2,1-3H3/q+1. The van der Waals surface area contributed by atoms with Crippen molar-refractivity contribution in [2.24, 2.45) is 7.05 Å². The van der Waals surface area contributed by atoms with Crippen LogP contribution in [0.2, 0.25) is 0 Å². The van der Waals surface area contributed by atoms with Crippen LogP contribution in [-0.4, -0.2) is 0 Å². The summed E-state index contributed by atoms with van der Waals surface area (Å²) >= 11 is 0. The highest BCUT2D eigenvalue weighted by Crippen LogP contribution is 1.97. The maximum Gasteiger partial charge on any atom is 0.181 e. The molecule has 0 fully saturated rings. The molecular weight excluding hydrogens is 122 g/mol. The van der Waals surface area contributed by atoms with Gasteiger partial charge < -0.3 is 0 Å². The predicted molar refractivity (Wildman–Crippen MR) is 41.7 cm³/mol. The summed E-state index contributed by atoms with van der Waals surface area (Å²) in [6.45, 7) is 4.30. The second kappa shape index (κ2) is 2.82. The van der Waals surface area contributed by atoms with Crippen molar-refractivity contribution < 1.29 is 4.57 Å². The Hall–Kier alpha value is -0.850. The molecule has 54 valence electrons. The zero-order chi connectivity index (χ0) is 7.56. The van der Waals surface area contributed by atoms with Crippen LogP contribution in [0.4, 0.5) is 0 Å². The topological polar surface area (TPSA) is 3.88 Å². The largest absolute Gasteiger partial charge is 0.205 e. The van der Waals surface area contributed by atoms with Crippen molar-refractivity contribution in [1.82, 2.24) is 0 Å². The molecule has 1 aromatic heterocycles. The van der Waals surface area contributed by atoms with Crippen molar-refractivity contribution >= 4 is 0 Å². The number of nitrogens with zero attached hydrogens (tertiary/aromatic N) is 1. The smallest absolute Gasteiger partial charge is 0.181 e. The Balaban J connectivity index is 3.09. The van der Waals surface area contributed by atoms with E-state index in [9.17, 15) is 0 Å². The van der Waals surface area contributed by atoms with Crippen molar-refractivity contribution in [2.45, 2.75) is 20.3 Å². The quantitative estimate of drug-likeness (QED) is 0.513. The lowest BCUT2D eigenvalue weighted by molar-refractivity contribution is -0.679. The lowest BCUT2D eigenvalue weighted by Gasteiger charge is -1.95. The number of aromatic nitrogens is 1. The maximum absolute atomic E-state index is 2.22. The monoisotopic (exact) mass is 136 g/mol. The van der Waals surface area contributed by atoms with E-state index in [1.807, 2.05) is 0 Å². The van der Waals surface area contributed by atoms with Gasteiger partial charge >= 0.3 is 0 Å². The zero-order valence-electron chi connectivity index (χ0n) is 6.89. The summed E-state index contributed by atoms with van der Waals surface area (Å²) in [6, 6.07) is 4.35. The Morgan fingerprint density at radius 1 is 1.50 bits per heavy atom. The average molecular weight is 136 g/mol. The molecule has 0 N–H and O–H groups in total. The van der Waals surface area contributed by atoms with Gasteiger partial charge in [-0.15, -0.1) is 0 Å². The second-order valence-electron chi connectivity index (χ2n) is 2.66. The van der Waals surface area contributed by atoms with E-state index in [0.29, 0.717) is 0 Å². The molecule has 1 heterocycles. The molecular formula is C9H14N+. The summed E-state index contributed by atoms with van der Waals surface area (Å²) in [5.74, 6) is 0. The molecule has 0 unspecified atom stereocenters. The third kappa shape index (κ3) is 1.35. The van der Waals surface area contributed by atoms with Crippen LogP contribution in [0.5, 0.6) is 0 Å². The second-order valence-corrected chi connectivity index (χ2v) is 2.66. The minimum atomic E-state index is 1.11. The molecule has 0 aliphatic heterocycles. The predicted octanol–water partition coefficient (Wildman–Crippen LogP) is 1.38. The van der Waals surface area contributed by atoms with Crippen molar-refractivity contribution in [3.05, 3.63) is 29.6 Å². The van der Waals surface area contributed by atoms with Crippen LogP contribution in [0.1, 0.15) is 18.2 Å². The SMILES string of the molecule is CCc1cc(C)cc[n+]1C. The molecule has 0 amide bonds. The van der Waals surface area contributed by atoms with Gasteiger partial charge in [0.15, 0.2) is 11.9 Å². The van der Waals surface area contributed by atoms with Gasteiger partial charge in [0.1, 0.15) is 7.05 Å². The third-order valence-corrected chi connectivity index (χ3v) is 1.77. The molecule has 0 aliphatic rings. The molecule has 0 radical (unpaired) electrons. The van der Waals surface area contributed by atoms with Crippen molar-refractivity contribution in [3.8, 4) is 0 Å². The van der Waals surface area contributed by atoms with E-state index in [-0.39, 0.29) is 0 Å². The fraction of sp³-hybridized carbons (Fsp3) is 0.444. The first-order valence-corrected chi connectivity index (χ1v) is 3.69. The van der Waals surface area contributed by atoms with Crippen LogP contribution in [0.25, 0.3) is 0 Å². The first-order chi connectivity index (χ1) is 4.74. The first-order valence-electron chi connectivity index (χ1n) is 3.69. The van der Waals surface area contributed by atoms with Gasteiger partial charge in [-0.2, -0.15) is 0 Å². The van der Waals surface area contributed by atoms with Crippen LogP contribution in [0.15, 0.2) is 18.3 Å². The van der Waals surface area contributed by atoms with E-state index in [0.717, 1.165) is 6.42 Å². The van der Waals surface area contributed by atoms with E-state index < -0.39 is 0 Å². The van der Waals surface area contributed by atoms with Crippen molar-refractivity contribution in [2.75, 3.05) is 0 Å². The van der Waals surface area contributed by atoms with Gasteiger partial charge in [-0.1, -0.05) is 6.92 Å². The van der Waals surface area contributed by atoms with Crippen molar-refractivity contribution in [1.29, 1.82) is 0 Å². The number of hydrogen-bond acceptors (Lipinski definition) is 0. The third-order valence-electron chi connectivity index (χ3n) is 1.77. The molecule has 0 aliphatic carbocycles. The van der Waals surface area contributed by atoms with Gasteiger partial charge in [-0.25, -0.2) is 4.57 Å². The number of pyridine rings is 1. The van der Waals surface area contributed by atoms with E-state index >= 15 is 0 Å². The molecule has 1 rings (SSSR count). The fourth-order valence-corrected chi connectivity index (χ4v) is 1.09. The average Bonchev–Trinajstić information content (AvgIpc) is 1.94. The van der Waals surface area contributed by atoms with Crippen LogP contribution in [-0.2, 0) is 13.5 Å². The zero-order valence-corrected chi connectivity index (χ0v) is 6.89. The molecule has 0 atom stereocenters. The van der Waals surface area contributed by atoms with Crippen molar-refractivity contribution in [3.63, 3.8) is 0 Å². The van der Waals surface area contributed by atoms with E-state index in [1.165, 1.54) is 11.3 Å². The Kier molecular flexibility index (Phi) is 2.05. The molecule has 0 bridgehead atoms. The Bertz CT molecular complexity index is 228. The molecule has 1 heteroatoms. The number of aryl methyl sites for hydroxylation is 3. The number of hydrogen-bond donors (Lipinski definition) is 0. The summed E-state index contributed by atoms with van der Waals surface area (Å²) in [5, 5.41) is 0. The van der Waals surface area contributed by atoms with Crippen LogP contribution < -0.4 is 4.57 Å². The number of rotatable bonds is 1. The normalized spacial score (nSPS) is 9.90. The lowest BCUT2D eigenvalue weighted by atomic mass is 10.2. The highest BCUT2D eigenvalue weighted by atomic mass is 14.9. The van der Waals surface area contributed by atoms with E-state index in [2.05, 4.69) is 43.8 Å². The molecule has 0 saturated carbocycles. The lowest BCUT2D eigenvalue weighted by Crippen LogP contribution is -2.32. The molecule has 1 aromatic rings. The van der Waals surface area contributed by atoms with E-state index in [1.54, 1.807) is 0 Å². The summed E-state index contributed by atoms with van der Waals surface area (Å²) in [6.07, 6.45) is 3.21. The van der Waals surface area contributed by atoms with Crippen LogP contribution in [0, 0.1) is 6.92 Å². The Labute approximate surface area is 62.3 Å². The van der Waals surface area contributed by atoms with Gasteiger partial charge in [0.25, 0.3) is 0 Å². The van der Waals surface area contributed by atoms with Crippen LogP contribution >= 0.6 is 0 Å². The Morgan fingerprint density at radius 2 is 2.20 bits per heavy atom. The summed E-state index contributed by atoms with van der Waals surface area (Å²) in [5.41, 5.74) is 2.73. The molecule has 0 aromatic carbocycles. The highest BCUT2D eigenvalue weighted by molar-refractivity contribution is 5.09. The summed E-state index contributed by atoms with van der Waals surface area (Å²) in [4.78, 5) is 0. The fourth-order valence-electron chi connectivity index (χ4n) is 1.09. The summed E-state index contributed by atoms with van der Waals surface area (Å²) < 4.78 is 2.16. The molecule has 1 nitrogen and oxygen atoms in total. The van der Waals surface area contributed by atoms with Gasteiger partial charge in [0, 0.05) is 18.6 Å². The van der Waals surface area contributed by atoms with Crippen LogP contribution in [0.3, 0.4) is 0 Å². The van der Waals surface area contributed by atoms with Gasteiger partial charge in [0.2, 0.25) is 0 Å². The van der Waals surface area contributed by atoms with Gasteiger partial charge in [0.05, 0.1) is 0 Å². The Morgan fingerprint density at radius 3 is 2.70 bits per heavy atom. The first kappa shape index (κ1) is 7.26. The highest BCUT2D eigenvalue weighted by Gasteiger charge is 2.01. The van der Waals surface area contributed by atoms with Gasteiger partial charge in [-0.05, 0) is 12.5 Å². The maximum atomic E-state index is 2.22. The minimum absolute atomic E-state index is 1.11. The van der Waals surface area contributed by atoms with Gasteiger partial charge in [-0.3, -0.25) is 0 Å².